The number of esters is 1. The summed E-state index contributed by atoms with van der Waals surface area (Å²) in [6.07, 6.45) is 1.74. The number of fused-ring (bicyclic) bond motifs is 1. The number of hydrogen-bond donors (Lipinski definition) is 1. The summed E-state index contributed by atoms with van der Waals surface area (Å²) in [4.78, 5) is 41.8. The minimum atomic E-state index is -0.542. The number of carbonyl (C=O) groups excluding carboxylic acids is 2. The van der Waals surface area contributed by atoms with Gasteiger partial charge in [-0.25, -0.2) is 9.97 Å². The highest BCUT2D eigenvalue weighted by molar-refractivity contribution is 7.19. The number of carbonyl (C=O) groups is 2. The van der Waals surface area contributed by atoms with Crippen molar-refractivity contribution in [2.75, 3.05) is 18.4 Å². The highest BCUT2D eigenvalue weighted by Gasteiger charge is 2.39. The second-order valence-electron chi connectivity index (χ2n) is 9.03. The SMILES string of the molecule is Cc1cc2nc(NC(C)c3ccccn3)nc(C(=O)N3CC(C(=O)OC(C)(C)C)C3)c2s1. The first kappa shape index (κ1) is 22.1. The van der Waals surface area contributed by atoms with E-state index in [1.54, 1.807) is 11.1 Å². The molecule has 1 aliphatic heterocycles. The lowest BCUT2D eigenvalue weighted by Crippen LogP contribution is -2.54. The van der Waals surface area contributed by atoms with Gasteiger partial charge in [0.2, 0.25) is 5.95 Å². The van der Waals surface area contributed by atoms with Crippen molar-refractivity contribution >= 4 is 39.4 Å². The molecule has 4 heterocycles. The molecule has 1 amide bonds. The monoisotopic (exact) mass is 453 g/mol. The Morgan fingerprint density at radius 2 is 2.00 bits per heavy atom. The molecule has 9 heteroatoms. The first-order valence-electron chi connectivity index (χ1n) is 10.6. The molecule has 0 aliphatic carbocycles. The second kappa shape index (κ2) is 8.46. The maximum absolute atomic E-state index is 13.3. The molecule has 3 aromatic heterocycles. The molecule has 0 aromatic carbocycles. The Kier molecular flexibility index (Phi) is 5.85. The van der Waals surface area contributed by atoms with Crippen LogP contribution in [0.25, 0.3) is 10.2 Å². The number of likely N-dealkylation sites (tertiary alicyclic amines) is 1. The highest BCUT2D eigenvalue weighted by atomic mass is 32.1. The Bertz CT molecular complexity index is 1150. The molecule has 3 aromatic rings. The van der Waals surface area contributed by atoms with Crippen LogP contribution in [0.1, 0.15) is 54.8 Å². The van der Waals surface area contributed by atoms with Gasteiger partial charge >= 0.3 is 5.97 Å². The molecular weight excluding hydrogens is 426 g/mol. The highest BCUT2D eigenvalue weighted by Crippen LogP contribution is 2.31. The van der Waals surface area contributed by atoms with Crippen molar-refractivity contribution in [3.8, 4) is 0 Å². The average Bonchev–Trinajstić information content (AvgIpc) is 3.05. The quantitative estimate of drug-likeness (QED) is 0.584. The number of thiophene rings is 1. The minimum absolute atomic E-state index is 0.128. The smallest absolute Gasteiger partial charge is 0.313 e. The predicted octanol–water partition coefficient (Wildman–Crippen LogP) is 3.98. The third-order valence-electron chi connectivity index (χ3n) is 5.08. The summed E-state index contributed by atoms with van der Waals surface area (Å²) in [5.74, 6) is -0.399. The summed E-state index contributed by atoms with van der Waals surface area (Å²) < 4.78 is 6.19. The van der Waals surface area contributed by atoms with Crippen LogP contribution >= 0.6 is 11.3 Å². The number of rotatable bonds is 5. The number of ether oxygens (including phenoxy) is 1. The molecular formula is C23H27N5O3S. The molecule has 1 atom stereocenters. The molecule has 168 valence electrons. The van der Waals surface area contributed by atoms with E-state index in [1.165, 1.54) is 11.3 Å². The van der Waals surface area contributed by atoms with E-state index in [0.717, 1.165) is 20.8 Å². The lowest BCUT2D eigenvalue weighted by atomic mass is 9.99. The van der Waals surface area contributed by atoms with Gasteiger partial charge in [-0.1, -0.05) is 6.07 Å². The first-order valence-corrected chi connectivity index (χ1v) is 11.4. The second-order valence-corrected chi connectivity index (χ2v) is 10.3. The number of pyridine rings is 1. The molecule has 4 rings (SSSR count). The molecule has 1 fully saturated rings. The van der Waals surface area contributed by atoms with Gasteiger partial charge in [0, 0.05) is 24.2 Å². The minimum Gasteiger partial charge on any atom is -0.460 e. The van der Waals surface area contributed by atoms with E-state index in [2.05, 4.69) is 20.3 Å². The van der Waals surface area contributed by atoms with Crippen LogP contribution in [0.15, 0.2) is 30.5 Å². The Labute approximate surface area is 191 Å². The van der Waals surface area contributed by atoms with Crippen molar-refractivity contribution in [1.82, 2.24) is 19.9 Å². The van der Waals surface area contributed by atoms with E-state index in [1.807, 2.05) is 58.9 Å². The first-order chi connectivity index (χ1) is 15.1. The lowest BCUT2D eigenvalue weighted by Gasteiger charge is -2.38. The van der Waals surface area contributed by atoms with Gasteiger partial charge in [0.15, 0.2) is 5.69 Å². The number of nitrogens with zero attached hydrogens (tertiary/aromatic N) is 4. The van der Waals surface area contributed by atoms with E-state index in [0.29, 0.717) is 24.7 Å². The third-order valence-corrected chi connectivity index (χ3v) is 6.13. The Balaban J connectivity index is 1.54. The fraction of sp³-hybridized carbons (Fsp3) is 0.435. The third kappa shape index (κ3) is 4.72. The van der Waals surface area contributed by atoms with Gasteiger partial charge in [-0.05, 0) is 52.8 Å². The van der Waals surface area contributed by atoms with Gasteiger partial charge in [-0.2, -0.15) is 0 Å². The molecule has 0 saturated carbocycles. The van der Waals surface area contributed by atoms with E-state index < -0.39 is 5.60 Å². The van der Waals surface area contributed by atoms with Crippen molar-refractivity contribution in [1.29, 1.82) is 0 Å². The van der Waals surface area contributed by atoms with Crippen molar-refractivity contribution < 1.29 is 14.3 Å². The molecule has 32 heavy (non-hydrogen) atoms. The zero-order valence-electron chi connectivity index (χ0n) is 18.9. The fourth-order valence-corrected chi connectivity index (χ4v) is 4.42. The van der Waals surface area contributed by atoms with Crippen LogP contribution in [0.2, 0.25) is 0 Å². The number of anilines is 1. The number of nitrogens with one attached hydrogen (secondary N) is 1. The van der Waals surface area contributed by atoms with Crippen LogP contribution in [-0.4, -0.2) is 50.4 Å². The topological polar surface area (TPSA) is 97.3 Å². The van der Waals surface area contributed by atoms with Crippen molar-refractivity contribution in [3.05, 3.63) is 46.7 Å². The Morgan fingerprint density at radius 1 is 1.25 bits per heavy atom. The molecule has 0 spiro atoms. The normalized spacial score (nSPS) is 15.3. The zero-order chi connectivity index (χ0) is 23.0. The van der Waals surface area contributed by atoms with Crippen LogP contribution in [0, 0.1) is 12.8 Å². The molecule has 1 aliphatic rings. The van der Waals surface area contributed by atoms with Gasteiger partial charge in [-0.3, -0.25) is 14.6 Å². The largest absolute Gasteiger partial charge is 0.460 e. The number of amides is 1. The van der Waals surface area contributed by atoms with Crippen molar-refractivity contribution in [2.45, 2.75) is 46.3 Å². The molecule has 0 radical (unpaired) electrons. The lowest BCUT2D eigenvalue weighted by molar-refractivity contribution is -0.164. The number of aryl methyl sites for hydroxylation is 1. The zero-order valence-corrected chi connectivity index (χ0v) is 19.7. The molecule has 1 saturated heterocycles. The van der Waals surface area contributed by atoms with Gasteiger partial charge in [0.1, 0.15) is 5.60 Å². The van der Waals surface area contributed by atoms with Gasteiger partial charge in [0.05, 0.1) is 27.9 Å². The number of hydrogen-bond acceptors (Lipinski definition) is 8. The van der Waals surface area contributed by atoms with E-state index in [9.17, 15) is 9.59 Å². The fourth-order valence-electron chi connectivity index (χ4n) is 3.49. The Morgan fingerprint density at radius 3 is 2.66 bits per heavy atom. The molecule has 1 unspecified atom stereocenters. The van der Waals surface area contributed by atoms with Gasteiger partial charge in [-0.15, -0.1) is 11.3 Å². The predicted molar refractivity (Wildman–Crippen MR) is 124 cm³/mol. The van der Waals surface area contributed by atoms with Gasteiger partial charge < -0.3 is 15.0 Å². The van der Waals surface area contributed by atoms with Crippen LogP contribution < -0.4 is 5.32 Å². The summed E-state index contributed by atoms with van der Waals surface area (Å²) in [5, 5.41) is 3.26. The number of aromatic nitrogens is 3. The summed E-state index contributed by atoms with van der Waals surface area (Å²) in [5.41, 5.74) is 1.39. The van der Waals surface area contributed by atoms with Crippen LogP contribution in [0.4, 0.5) is 5.95 Å². The van der Waals surface area contributed by atoms with Crippen LogP contribution in [0.5, 0.6) is 0 Å². The summed E-state index contributed by atoms with van der Waals surface area (Å²) in [7, 11) is 0. The van der Waals surface area contributed by atoms with E-state index >= 15 is 0 Å². The van der Waals surface area contributed by atoms with Crippen LogP contribution in [0.3, 0.4) is 0 Å². The summed E-state index contributed by atoms with van der Waals surface area (Å²) in [6.45, 7) is 10.1. The van der Waals surface area contributed by atoms with Crippen molar-refractivity contribution in [3.63, 3.8) is 0 Å². The van der Waals surface area contributed by atoms with E-state index in [-0.39, 0.29) is 23.8 Å². The van der Waals surface area contributed by atoms with E-state index in [4.69, 9.17) is 4.74 Å². The standard InChI is InChI=1S/C23H27N5O3S/c1-13-10-17-19(32-13)18(20(29)28-11-15(12-28)21(30)31-23(3,4)5)27-22(26-17)25-14(2)16-8-6-7-9-24-16/h6-10,14-15H,11-12H2,1-5H3,(H,25,26,27). The maximum Gasteiger partial charge on any atom is 0.313 e. The van der Waals surface area contributed by atoms with Gasteiger partial charge in [0.25, 0.3) is 5.91 Å². The van der Waals surface area contributed by atoms with Crippen molar-refractivity contribution in [2.24, 2.45) is 5.92 Å². The Hall–Kier alpha value is -3.07. The average molecular weight is 454 g/mol. The maximum atomic E-state index is 13.3. The molecule has 1 N–H and O–H groups in total. The molecule has 0 bridgehead atoms. The summed E-state index contributed by atoms with van der Waals surface area (Å²) >= 11 is 1.49. The molecule has 8 nitrogen and oxygen atoms in total. The summed E-state index contributed by atoms with van der Waals surface area (Å²) in [6, 6.07) is 7.54. The van der Waals surface area contributed by atoms with Crippen LogP contribution in [-0.2, 0) is 9.53 Å².